The predicted molar refractivity (Wildman–Crippen MR) is 69.7 cm³/mol. The molecule has 1 aromatic carbocycles. The van der Waals surface area contributed by atoms with Gasteiger partial charge in [0.05, 0.1) is 13.2 Å². The van der Waals surface area contributed by atoms with Crippen molar-refractivity contribution in [3.63, 3.8) is 0 Å². The van der Waals surface area contributed by atoms with Gasteiger partial charge in [-0.1, -0.05) is 29.3 Å². The number of amidine groups is 1. The van der Waals surface area contributed by atoms with E-state index in [1.54, 1.807) is 0 Å². The number of nitrogens with zero attached hydrogens (tertiary/aromatic N) is 1. The molecule has 0 bridgehead atoms. The van der Waals surface area contributed by atoms with E-state index in [4.69, 9.17) is 10.1 Å². The van der Waals surface area contributed by atoms with Crippen LogP contribution in [0.4, 0.5) is 0 Å². The van der Waals surface area contributed by atoms with Gasteiger partial charge in [0.1, 0.15) is 5.84 Å². The molecule has 1 aliphatic heterocycles. The van der Waals surface area contributed by atoms with Crippen LogP contribution in [0.2, 0.25) is 0 Å². The summed E-state index contributed by atoms with van der Waals surface area (Å²) in [5.74, 6) is 0.707. The number of morpholine rings is 1. The van der Waals surface area contributed by atoms with Gasteiger partial charge in [-0.05, 0) is 19.4 Å². The quantitative estimate of drug-likeness (QED) is 0.626. The molecule has 1 heterocycles. The molecular weight excluding hydrogens is 212 g/mol. The van der Waals surface area contributed by atoms with Crippen LogP contribution < -0.4 is 0 Å². The summed E-state index contributed by atoms with van der Waals surface area (Å²) in [7, 11) is 0. The van der Waals surface area contributed by atoms with Gasteiger partial charge < -0.3 is 9.64 Å². The molecular formula is C14H20N2O. The Balaban J connectivity index is 2.01. The molecule has 0 unspecified atom stereocenters. The highest BCUT2D eigenvalue weighted by Gasteiger charge is 2.14. The molecule has 92 valence electrons. The van der Waals surface area contributed by atoms with Gasteiger partial charge in [-0.25, -0.2) is 0 Å². The van der Waals surface area contributed by atoms with E-state index in [-0.39, 0.29) is 0 Å². The lowest BCUT2D eigenvalue weighted by molar-refractivity contribution is 0.0670. The maximum atomic E-state index is 8.13. The lowest BCUT2D eigenvalue weighted by Gasteiger charge is -2.29. The second kappa shape index (κ2) is 5.32. The van der Waals surface area contributed by atoms with Crippen molar-refractivity contribution in [1.29, 1.82) is 5.41 Å². The van der Waals surface area contributed by atoms with Crippen molar-refractivity contribution in [3.8, 4) is 0 Å². The number of benzene rings is 1. The minimum atomic E-state index is 0.707. The lowest BCUT2D eigenvalue weighted by Crippen LogP contribution is -2.41. The minimum absolute atomic E-state index is 0.707. The third-order valence-corrected chi connectivity index (χ3v) is 3.05. The van der Waals surface area contributed by atoms with Crippen LogP contribution in [0, 0.1) is 19.3 Å². The van der Waals surface area contributed by atoms with Crippen molar-refractivity contribution in [3.05, 3.63) is 34.9 Å². The molecule has 0 atom stereocenters. The Bertz CT molecular complexity index is 388. The lowest BCUT2D eigenvalue weighted by atomic mass is 10.0. The first kappa shape index (κ1) is 12.1. The molecule has 0 amide bonds. The number of aryl methyl sites for hydroxylation is 2. The predicted octanol–water partition coefficient (Wildman–Crippen LogP) is 2.16. The van der Waals surface area contributed by atoms with Crippen LogP contribution in [0.3, 0.4) is 0 Å². The highest BCUT2D eigenvalue weighted by Crippen LogP contribution is 2.11. The summed E-state index contributed by atoms with van der Waals surface area (Å²) in [5.41, 5.74) is 3.78. The van der Waals surface area contributed by atoms with Crippen molar-refractivity contribution in [2.45, 2.75) is 20.3 Å². The molecule has 0 aliphatic carbocycles. The van der Waals surface area contributed by atoms with Crippen LogP contribution in [0.1, 0.15) is 16.7 Å². The van der Waals surface area contributed by atoms with Crippen LogP contribution in [-0.2, 0) is 11.2 Å². The Morgan fingerprint density at radius 3 is 2.35 bits per heavy atom. The molecule has 0 aromatic heterocycles. The highest BCUT2D eigenvalue weighted by molar-refractivity contribution is 5.81. The number of hydrogen-bond acceptors (Lipinski definition) is 2. The van der Waals surface area contributed by atoms with Gasteiger partial charge in [0.15, 0.2) is 0 Å². The number of ether oxygens (including phenoxy) is 1. The first-order valence-electron chi connectivity index (χ1n) is 6.12. The van der Waals surface area contributed by atoms with Gasteiger partial charge in [-0.2, -0.15) is 0 Å². The topological polar surface area (TPSA) is 36.3 Å². The summed E-state index contributed by atoms with van der Waals surface area (Å²) in [4.78, 5) is 2.11. The van der Waals surface area contributed by atoms with Crippen molar-refractivity contribution >= 4 is 5.84 Å². The van der Waals surface area contributed by atoms with Gasteiger partial charge in [0, 0.05) is 19.5 Å². The van der Waals surface area contributed by atoms with E-state index in [1.165, 1.54) is 16.7 Å². The maximum Gasteiger partial charge on any atom is 0.100 e. The van der Waals surface area contributed by atoms with E-state index < -0.39 is 0 Å². The number of nitrogens with one attached hydrogen (secondary N) is 1. The second-order valence-electron chi connectivity index (χ2n) is 4.72. The van der Waals surface area contributed by atoms with Gasteiger partial charge in [0.25, 0.3) is 0 Å². The van der Waals surface area contributed by atoms with E-state index >= 15 is 0 Å². The van der Waals surface area contributed by atoms with E-state index in [0.29, 0.717) is 5.84 Å². The SMILES string of the molecule is Cc1cc(C)cc(CC(=N)N2CCOCC2)c1. The second-order valence-corrected chi connectivity index (χ2v) is 4.72. The molecule has 17 heavy (non-hydrogen) atoms. The third-order valence-electron chi connectivity index (χ3n) is 3.05. The maximum absolute atomic E-state index is 8.13. The zero-order valence-corrected chi connectivity index (χ0v) is 10.6. The smallest absolute Gasteiger partial charge is 0.100 e. The molecule has 0 saturated carbocycles. The fraction of sp³-hybridized carbons (Fsp3) is 0.500. The van der Waals surface area contributed by atoms with E-state index in [0.717, 1.165) is 32.7 Å². The average Bonchev–Trinajstić information content (AvgIpc) is 2.28. The Kier molecular flexibility index (Phi) is 3.79. The molecule has 1 fully saturated rings. The van der Waals surface area contributed by atoms with Crippen molar-refractivity contribution in [2.75, 3.05) is 26.3 Å². The summed E-state index contributed by atoms with van der Waals surface area (Å²) in [6, 6.07) is 6.51. The Morgan fingerprint density at radius 2 is 1.76 bits per heavy atom. The summed E-state index contributed by atoms with van der Waals surface area (Å²) < 4.78 is 5.30. The number of rotatable bonds is 2. The van der Waals surface area contributed by atoms with Crippen LogP contribution in [0.25, 0.3) is 0 Å². The zero-order valence-electron chi connectivity index (χ0n) is 10.6. The fourth-order valence-corrected chi connectivity index (χ4v) is 2.31. The minimum Gasteiger partial charge on any atom is -0.378 e. The van der Waals surface area contributed by atoms with Crippen LogP contribution in [0.15, 0.2) is 18.2 Å². The molecule has 3 nitrogen and oxygen atoms in total. The molecule has 1 N–H and O–H groups in total. The van der Waals surface area contributed by atoms with Crippen molar-refractivity contribution in [2.24, 2.45) is 0 Å². The normalized spacial score (nSPS) is 16.0. The van der Waals surface area contributed by atoms with Crippen molar-refractivity contribution < 1.29 is 4.74 Å². The van der Waals surface area contributed by atoms with Gasteiger partial charge in [0.2, 0.25) is 0 Å². The van der Waals surface area contributed by atoms with Crippen LogP contribution in [-0.4, -0.2) is 37.0 Å². The van der Waals surface area contributed by atoms with Gasteiger partial charge >= 0.3 is 0 Å². The van der Waals surface area contributed by atoms with Gasteiger partial charge in [-0.15, -0.1) is 0 Å². The average molecular weight is 232 g/mol. The molecule has 2 rings (SSSR count). The van der Waals surface area contributed by atoms with E-state index in [1.807, 2.05) is 0 Å². The Morgan fingerprint density at radius 1 is 1.18 bits per heavy atom. The Labute approximate surface area is 103 Å². The number of hydrogen-bond donors (Lipinski definition) is 1. The summed E-state index contributed by atoms with van der Waals surface area (Å²) >= 11 is 0. The molecule has 0 spiro atoms. The largest absolute Gasteiger partial charge is 0.378 e. The first-order chi connectivity index (χ1) is 8.15. The monoisotopic (exact) mass is 232 g/mol. The summed E-state index contributed by atoms with van der Waals surface area (Å²) in [5, 5.41) is 8.13. The Hall–Kier alpha value is -1.35. The van der Waals surface area contributed by atoms with Crippen molar-refractivity contribution in [1.82, 2.24) is 4.90 Å². The van der Waals surface area contributed by atoms with E-state index in [2.05, 4.69) is 36.9 Å². The molecule has 3 heteroatoms. The standard InChI is InChI=1S/C14H20N2O/c1-11-7-12(2)9-13(8-11)10-14(15)16-3-5-17-6-4-16/h7-9,15H,3-6,10H2,1-2H3. The first-order valence-corrected chi connectivity index (χ1v) is 6.12. The molecule has 0 radical (unpaired) electrons. The fourth-order valence-electron chi connectivity index (χ4n) is 2.31. The van der Waals surface area contributed by atoms with Crippen LogP contribution >= 0.6 is 0 Å². The van der Waals surface area contributed by atoms with Gasteiger partial charge in [-0.3, -0.25) is 5.41 Å². The molecule has 1 aliphatic rings. The summed E-state index contributed by atoms with van der Waals surface area (Å²) in [6.07, 6.45) is 0.725. The highest BCUT2D eigenvalue weighted by atomic mass is 16.5. The zero-order chi connectivity index (χ0) is 12.3. The third kappa shape index (κ3) is 3.30. The summed E-state index contributed by atoms with van der Waals surface area (Å²) in [6.45, 7) is 7.40. The molecule has 1 aromatic rings. The molecule has 1 saturated heterocycles. The van der Waals surface area contributed by atoms with E-state index in [9.17, 15) is 0 Å². The van der Waals surface area contributed by atoms with Crippen LogP contribution in [0.5, 0.6) is 0 Å².